The topological polar surface area (TPSA) is 52.5 Å². The number of aliphatic hydroxyl groups is 2. The van der Waals surface area contributed by atoms with Crippen LogP contribution in [0.2, 0.25) is 0 Å². The van der Waals surface area contributed by atoms with Crippen molar-refractivity contribution in [2.75, 3.05) is 13.2 Å². The van der Waals surface area contributed by atoms with Crippen molar-refractivity contribution in [2.45, 2.75) is 25.0 Å². The predicted molar refractivity (Wildman–Crippen MR) is 34.1 cm³/mol. The van der Waals surface area contributed by atoms with E-state index in [0.29, 0.717) is 6.42 Å². The summed E-state index contributed by atoms with van der Waals surface area (Å²) in [6.07, 6.45) is 1.30. The van der Waals surface area contributed by atoms with Crippen LogP contribution in [0.15, 0.2) is 0 Å². The molecule has 1 heterocycles. The molecule has 3 N–H and O–H groups in total. The smallest absolute Gasteiger partial charge is 0.0585 e. The summed E-state index contributed by atoms with van der Waals surface area (Å²) in [4.78, 5) is 0. The average molecular weight is 131 g/mol. The Morgan fingerprint density at radius 2 is 2.33 bits per heavy atom. The lowest BCUT2D eigenvalue weighted by Crippen LogP contribution is -2.42. The fourth-order valence-corrected chi connectivity index (χ4v) is 1.12. The van der Waals surface area contributed by atoms with Crippen molar-refractivity contribution in [3.05, 3.63) is 0 Å². The van der Waals surface area contributed by atoms with E-state index in [1.54, 1.807) is 0 Å². The third-order valence-electron chi connectivity index (χ3n) is 1.69. The van der Waals surface area contributed by atoms with Crippen LogP contribution in [0.4, 0.5) is 0 Å². The molecule has 1 fully saturated rings. The molecule has 9 heavy (non-hydrogen) atoms. The van der Waals surface area contributed by atoms with E-state index in [4.69, 9.17) is 10.2 Å². The molecule has 0 aromatic rings. The van der Waals surface area contributed by atoms with Gasteiger partial charge in [0.15, 0.2) is 0 Å². The second kappa shape index (κ2) is 3.15. The first kappa shape index (κ1) is 6.99. The van der Waals surface area contributed by atoms with Crippen molar-refractivity contribution in [1.82, 2.24) is 5.32 Å². The number of aliphatic hydroxyl groups excluding tert-OH is 2. The Kier molecular flexibility index (Phi) is 2.45. The van der Waals surface area contributed by atoms with Gasteiger partial charge in [0, 0.05) is 6.04 Å². The van der Waals surface area contributed by atoms with Gasteiger partial charge in [0.2, 0.25) is 0 Å². The number of nitrogens with one attached hydrogen (secondary N) is 1. The fraction of sp³-hybridized carbons (Fsp3) is 1.00. The molecule has 0 aliphatic carbocycles. The molecule has 1 aliphatic heterocycles. The predicted octanol–water partition coefficient (Wildman–Crippen LogP) is -0.908. The Hall–Kier alpha value is -0.120. The van der Waals surface area contributed by atoms with Gasteiger partial charge < -0.3 is 15.5 Å². The van der Waals surface area contributed by atoms with Gasteiger partial charge in [-0.2, -0.15) is 0 Å². The summed E-state index contributed by atoms with van der Waals surface area (Å²) in [5.74, 6) is 0. The molecule has 1 rings (SSSR count). The summed E-state index contributed by atoms with van der Waals surface area (Å²) in [6.45, 7) is 0.962. The SMILES string of the molecule is OC[C@@H]1C[C@@H](O)CCN1. The van der Waals surface area contributed by atoms with Crippen LogP contribution in [0.3, 0.4) is 0 Å². The molecule has 1 aliphatic rings. The number of hydrogen-bond acceptors (Lipinski definition) is 3. The third kappa shape index (κ3) is 1.93. The van der Waals surface area contributed by atoms with Gasteiger partial charge >= 0.3 is 0 Å². The largest absolute Gasteiger partial charge is 0.395 e. The molecule has 0 saturated carbocycles. The highest BCUT2D eigenvalue weighted by atomic mass is 16.3. The lowest BCUT2D eigenvalue weighted by molar-refractivity contribution is 0.0956. The molecule has 0 aromatic heterocycles. The van der Waals surface area contributed by atoms with Gasteiger partial charge in [0.1, 0.15) is 0 Å². The van der Waals surface area contributed by atoms with Gasteiger partial charge in [0.05, 0.1) is 12.7 Å². The summed E-state index contributed by atoms with van der Waals surface area (Å²) in [7, 11) is 0. The van der Waals surface area contributed by atoms with Crippen LogP contribution in [-0.2, 0) is 0 Å². The van der Waals surface area contributed by atoms with Gasteiger partial charge in [-0.1, -0.05) is 0 Å². The monoisotopic (exact) mass is 131 g/mol. The number of rotatable bonds is 1. The minimum Gasteiger partial charge on any atom is -0.395 e. The third-order valence-corrected chi connectivity index (χ3v) is 1.69. The lowest BCUT2D eigenvalue weighted by atomic mass is 10.0. The molecule has 0 amide bonds. The highest BCUT2D eigenvalue weighted by Gasteiger charge is 2.17. The molecule has 0 spiro atoms. The second-order valence-electron chi connectivity index (χ2n) is 2.51. The van der Waals surface area contributed by atoms with E-state index >= 15 is 0 Å². The average Bonchev–Trinajstić information content (AvgIpc) is 1.88. The van der Waals surface area contributed by atoms with Crippen LogP contribution >= 0.6 is 0 Å². The second-order valence-corrected chi connectivity index (χ2v) is 2.51. The first-order chi connectivity index (χ1) is 4.33. The molecule has 1 saturated heterocycles. The van der Waals surface area contributed by atoms with E-state index in [2.05, 4.69) is 5.32 Å². The van der Waals surface area contributed by atoms with E-state index in [9.17, 15) is 0 Å². The maximum absolute atomic E-state index is 9.06. The summed E-state index contributed by atoms with van der Waals surface area (Å²) >= 11 is 0. The van der Waals surface area contributed by atoms with E-state index in [1.807, 2.05) is 0 Å². The van der Waals surface area contributed by atoms with E-state index in [1.165, 1.54) is 0 Å². The minimum atomic E-state index is -0.205. The van der Waals surface area contributed by atoms with E-state index in [-0.39, 0.29) is 18.8 Å². The minimum absolute atomic E-state index is 0.119. The van der Waals surface area contributed by atoms with Crippen molar-refractivity contribution in [2.24, 2.45) is 0 Å². The zero-order valence-electron chi connectivity index (χ0n) is 5.38. The van der Waals surface area contributed by atoms with Crippen LogP contribution in [-0.4, -0.2) is 35.5 Å². The van der Waals surface area contributed by atoms with Crippen LogP contribution in [0.1, 0.15) is 12.8 Å². The lowest BCUT2D eigenvalue weighted by Gasteiger charge is -2.25. The van der Waals surface area contributed by atoms with Gasteiger partial charge in [-0.3, -0.25) is 0 Å². The molecule has 54 valence electrons. The van der Waals surface area contributed by atoms with Crippen LogP contribution in [0.25, 0.3) is 0 Å². The maximum Gasteiger partial charge on any atom is 0.0585 e. The quantitative estimate of drug-likeness (QED) is 0.432. The molecular weight excluding hydrogens is 118 g/mol. The Balaban J connectivity index is 2.23. The first-order valence-electron chi connectivity index (χ1n) is 3.35. The molecule has 2 atom stereocenters. The van der Waals surface area contributed by atoms with Crippen molar-refractivity contribution < 1.29 is 10.2 Å². The molecule has 3 nitrogen and oxygen atoms in total. The summed E-state index contributed by atoms with van der Waals surface area (Å²) in [5.41, 5.74) is 0. The molecule has 3 heteroatoms. The molecule has 0 aromatic carbocycles. The van der Waals surface area contributed by atoms with E-state index in [0.717, 1.165) is 13.0 Å². The number of hydrogen-bond donors (Lipinski definition) is 3. The van der Waals surface area contributed by atoms with Crippen LogP contribution in [0, 0.1) is 0 Å². The molecule has 0 unspecified atom stereocenters. The zero-order valence-corrected chi connectivity index (χ0v) is 5.38. The Morgan fingerprint density at radius 3 is 2.78 bits per heavy atom. The van der Waals surface area contributed by atoms with Gasteiger partial charge in [0.25, 0.3) is 0 Å². The Labute approximate surface area is 54.7 Å². The summed E-state index contributed by atoms with van der Waals surface area (Å²) in [5, 5.41) is 20.8. The fourth-order valence-electron chi connectivity index (χ4n) is 1.12. The zero-order chi connectivity index (χ0) is 6.69. The molecular formula is C6H13NO2. The van der Waals surface area contributed by atoms with E-state index < -0.39 is 0 Å². The van der Waals surface area contributed by atoms with Gasteiger partial charge in [-0.05, 0) is 19.4 Å². The van der Waals surface area contributed by atoms with Crippen molar-refractivity contribution in [3.8, 4) is 0 Å². The van der Waals surface area contributed by atoms with Crippen LogP contribution in [0.5, 0.6) is 0 Å². The first-order valence-corrected chi connectivity index (χ1v) is 3.35. The summed E-state index contributed by atoms with van der Waals surface area (Å²) in [6, 6.07) is 0.119. The van der Waals surface area contributed by atoms with Crippen molar-refractivity contribution in [3.63, 3.8) is 0 Å². The van der Waals surface area contributed by atoms with Gasteiger partial charge in [-0.25, -0.2) is 0 Å². The highest BCUT2D eigenvalue weighted by Crippen LogP contribution is 2.06. The Bertz CT molecular complexity index is 87.1. The Morgan fingerprint density at radius 1 is 1.56 bits per heavy atom. The standard InChI is InChI=1S/C6H13NO2/c8-4-5-3-6(9)1-2-7-5/h5-9H,1-4H2/t5-,6-/m0/s1. The normalized spacial score (nSPS) is 36.7. The van der Waals surface area contributed by atoms with Crippen LogP contribution < -0.4 is 5.32 Å². The van der Waals surface area contributed by atoms with Crippen molar-refractivity contribution >= 4 is 0 Å². The highest BCUT2D eigenvalue weighted by molar-refractivity contribution is 4.76. The molecule has 0 bridgehead atoms. The van der Waals surface area contributed by atoms with Gasteiger partial charge in [-0.15, -0.1) is 0 Å². The number of piperidine rings is 1. The summed E-state index contributed by atoms with van der Waals surface area (Å²) < 4.78 is 0. The maximum atomic E-state index is 9.06. The van der Waals surface area contributed by atoms with Crippen molar-refractivity contribution in [1.29, 1.82) is 0 Å². The molecule has 0 radical (unpaired) electrons.